The first kappa shape index (κ1) is 22.8. The van der Waals surface area contributed by atoms with Gasteiger partial charge in [0.25, 0.3) is 0 Å². The molecule has 3 amide bonds. The maximum Gasteiger partial charge on any atom is 0.334 e. The largest absolute Gasteiger partial charge is 0.481 e. The number of carbonyl (C=O) groups is 3. The molecule has 9 nitrogen and oxygen atoms in total. The van der Waals surface area contributed by atoms with Crippen LogP contribution in [-0.4, -0.2) is 66.9 Å². The van der Waals surface area contributed by atoms with Crippen molar-refractivity contribution in [2.24, 2.45) is 5.92 Å². The molecule has 2 aliphatic heterocycles. The van der Waals surface area contributed by atoms with Crippen LogP contribution in [0.3, 0.4) is 0 Å². The average molecular weight is 456 g/mol. The number of fused-ring (bicyclic) bond motifs is 1. The van der Waals surface area contributed by atoms with Gasteiger partial charge in [-0.2, -0.15) is 11.8 Å². The van der Waals surface area contributed by atoms with Crippen LogP contribution in [0.15, 0.2) is 30.3 Å². The van der Waals surface area contributed by atoms with E-state index in [0.29, 0.717) is 25.0 Å². The van der Waals surface area contributed by atoms with Crippen molar-refractivity contribution in [1.82, 2.24) is 10.2 Å². The van der Waals surface area contributed by atoms with Crippen LogP contribution in [0.4, 0.5) is 4.79 Å². The van der Waals surface area contributed by atoms with Crippen molar-refractivity contribution in [2.75, 3.05) is 11.9 Å². The number of thioether (sulfide) groups is 1. The van der Waals surface area contributed by atoms with E-state index in [1.807, 2.05) is 30.3 Å². The van der Waals surface area contributed by atoms with Gasteiger partial charge < -0.3 is 20.2 Å². The molecule has 4 unspecified atom stereocenters. The molecule has 0 bridgehead atoms. The molecule has 30 heavy (non-hydrogen) atoms. The number of carboxylic acids is 1. The first-order valence-electron chi connectivity index (χ1n) is 9.70. The molecule has 2 aliphatic rings. The van der Waals surface area contributed by atoms with Gasteiger partial charge in [0.15, 0.2) is 0 Å². The average Bonchev–Trinajstić information content (AvgIpc) is 3.17. The number of carboxylic acid groups (broad SMARTS) is 1. The van der Waals surface area contributed by atoms with E-state index in [1.54, 1.807) is 11.8 Å². The molecule has 1 aromatic carbocycles. The predicted octanol–water partition coefficient (Wildman–Crippen LogP) is 1.68. The number of imide groups is 1. The number of hydrogen-bond acceptors (Lipinski definition) is 5. The molecule has 2 saturated heterocycles. The fourth-order valence-electron chi connectivity index (χ4n) is 4.21. The number of carbonyl (C=O) groups excluding carboxylic acids is 2. The highest BCUT2D eigenvalue weighted by molar-refractivity contribution is 8.00. The molecule has 0 radical (unpaired) electrons. The molecular weight excluding hydrogens is 431 g/mol. The van der Waals surface area contributed by atoms with Crippen LogP contribution >= 0.6 is 19.4 Å². The number of aliphatic carboxylic acids is 1. The Kier molecular flexibility index (Phi) is 7.23. The minimum absolute atomic E-state index is 0.0270. The summed E-state index contributed by atoms with van der Waals surface area (Å²) in [6, 6.07) is 8.38. The number of nitrogens with one attached hydrogen (secondary N) is 1. The summed E-state index contributed by atoms with van der Waals surface area (Å²) in [5.74, 6) is -1.16. The number of urea groups is 1. The Morgan fingerprint density at radius 3 is 2.60 bits per heavy atom. The minimum atomic E-state index is -4.58. The van der Waals surface area contributed by atoms with Crippen LogP contribution in [-0.2, 0) is 20.6 Å². The van der Waals surface area contributed by atoms with Gasteiger partial charge in [0, 0.05) is 17.4 Å². The maximum absolute atomic E-state index is 12.4. The number of amides is 3. The number of nitrogens with zero attached hydrogens (tertiary/aromatic N) is 1. The second-order valence-corrected chi connectivity index (χ2v) is 10.5. The van der Waals surface area contributed by atoms with E-state index in [1.165, 1.54) is 0 Å². The summed E-state index contributed by atoms with van der Waals surface area (Å²) in [5.41, 5.74) is 1.11. The van der Waals surface area contributed by atoms with E-state index in [0.717, 1.165) is 10.5 Å². The molecule has 0 aromatic heterocycles. The SMILES string of the molecule is O=C(O)CCCC(Cc1ccccc1)C1SCC2C1NC(=O)N2C(=O)CP(=O)(O)O. The molecule has 0 spiro atoms. The van der Waals surface area contributed by atoms with Gasteiger partial charge in [0.05, 0.1) is 12.1 Å². The predicted molar refractivity (Wildman–Crippen MR) is 111 cm³/mol. The standard InChI is InChI=1S/C19H25N2O7PS/c22-15(10-29(26,27)28)21-14-11-30-18(17(14)20-19(21)25)13(7-4-8-16(23)24)9-12-5-2-1-3-6-12/h1-3,5-6,13-14,17-18H,4,7-11H2,(H,20,25)(H,23,24)(H2,26,27,28). The van der Waals surface area contributed by atoms with Crippen LogP contribution in [0.1, 0.15) is 24.8 Å². The van der Waals surface area contributed by atoms with Crippen LogP contribution < -0.4 is 5.32 Å². The van der Waals surface area contributed by atoms with E-state index in [2.05, 4.69) is 5.32 Å². The summed E-state index contributed by atoms with van der Waals surface area (Å²) < 4.78 is 11.2. The summed E-state index contributed by atoms with van der Waals surface area (Å²) >= 11 is 1.61. The third kappa shape index (κ3) is 5.63. The maximum atomic E-state index is 12.4. The van der Waals surface area contributed by atoms with Crippen molar-refractivity contribution < 1.29 is 33.8 Å². The molecule has 2 fully saturated rings. The Labute approximate surface area is 178 Å². The van der Waals surface area contributed by atoms with Gasteiger partial charge in [-0.1, -0.05) is 30.3 Å². The Bertz CT molecular complexity index is 847. The van der Waals surface area contributed by atoms with Crippen LogP contribution in [0, 0.1) is 5.92 Å². The van der Waals surface area contributed by atoms with E-state index >= 15 is 0 Å². The first-order chi connectivity index (χ1) is 14.2. The second-order valence-electron chi connectivity index (χ2n) is 7.66. The Morgan fingerprint density at radius 2 is 1.97 bits per heavy atom. The third-order valence-electron chi connectivity index (χ3n) is 5.45. The number of hydrogen-bond donors (Lipinski definition) is 4. The van der Waals surface area contributed by atoms with Gasteiger partial charge in [-0.3, -0.25) is 19.1 Å². The van der Waals surface area contributed by atoms with Crippen LogP contribution in [0.2, 0.25) is 0 Å². The van der Waals surface area contributed by atoms with E-state index in [9.17, 15) is 18.9 Å². The van der Waals surface area contributed by atoms with Crippen molar-refractivity contribution >= 4 is 37.3 Å². The summed E-state index contributed by atoms with van der Waals surface area (Å²) in [6.45, 7) is 0. The summed E-state index contributed by atoms with van der Waals surface area (Å²) in [5, 5.41) is 11.8. The highest BCUT2D eigenvalue weighted by Crippen LogP contribution is 2.42. The molecular formula is C19H25N2O7PS. The first-order valence-corrected chi connectivity index (χ1v) is 12.5. The lowest BCUT2D eigenvalue weighted by molar-refractivity contribution is -0.137. The van der Waals surface area contributed by atoms with Crippen LogP contribution in [0.5, 0.6) is 0 Å². The van der Waals surface area contributed by atoms with Crippen molar-refractivity contribution in [3.63, 3.8) is 0 Å². The molecule has 4 N–H and O–H groups in total. The Hall–Kier alpha value is -1.87. The number of rotatable bonds is 9. The van der Waals surface area contributed by atoms with E-state index in [-0.39, 0.29) is 23.6 Å². The third-order valence-corrected chi connectivity index (χ3v) is 7.73. The smallest absolute Gasteiger partial charge is 0.334 e. The fraction of sp³-hybridized carbons (Fsp3) is 0.526. The van der Waals surface area contributed by atoms with Crippen molar-refractivity contribution in [2.45, 2.75) is 43.0 Å². The molecule has 11 heteroatoms. The second kappa shape index (κ2) is 9.51. The van der Waals surface area contributed by atoms with Gasteiger partial charge in [0.1, 0.15) is 6.16 Å². The van der Waals surface area contributed by atoms with Gasteiger partial charge in [-0.15, -0.1) is 0 Å². The molecule has 3 rings (SSSR count). The molecule has 4 atom stereocenters. The monoisotopic (exact) mass is 456 g/mol. The van der Waals surface area contributed by atoms with Gasteiger partial charge in [0.2, 0.25) is 5.91 Å². The molecule has 2 heterocycles. The van der Waals surface area contributed by atoms with Gasteiger partial charge >= 0.3 is 19.6 Å². The normalized spacial score (nSPS) is 24.4. The zero-order chi connectivity index (χ0) is 21.9. The zero-order valence-electron chi connectivity index (χ0n) is 16.2. The highest BCUT2D eigenvalue weighted by Gasteiger charge is 2.52. The molecule has 164 valence electrons. The summed E-state index contributed by atoms with van der Waals surface area (Å²) in [6.07, 6.45) is 0.957. The lowest BCUT2D eigenvalue weighted by Crippen LogP contribution is -2.43. The zero-order valence-corrected chi connectivity index (χ0v) is 17.9. The summed E-state index contributed by atoms with van der Waals surface area (Å²) in [7, 11) is -4.58. The topological polar surface area (TPSA) is 144 Å². The van der Waals surface area contributed by atoms with Crippen molar-refractivity contribution in [3.05, 3.63) is 35.9 Å². The number of benzene rings is 1. The Balaban J connectivity index is 1.75. The van der Waals surface area contributed by atoms with Crippen molar-refractivity contribution in [1.29, 1.82) is 0 Å². The minimum Gasteiger partial charge on any atom is -0.481 e. The van der Waals surface area contributed by atoms with Gasteiger partial charge in [-0.25, -0.2) is 4.79 Å². The molecule has 0 saturated carbocycles. The van der Waals surface area contributed by atoms with Crippen molar-refractivity contribution in [3.8, 4) is 0 Å². The lowest BCUT2D eigenvalue weighted by atomic mass is 9.86. The quantitative estimate of drug-likeness (QED) is 0.325. The van der Waals surface area contributed by atoms with Gasteiger partial charge in [-0.05, 0) is 30.7 Å². The van der Waals surface area contributed by atoms with Crippen LogP contribution in [0.25, 0.3) is 0 Å². The van der Waals surface area contributed by atoms with E-state index in [4.69, 9.17) is 14.9 Å². The molecule has 1 aromatic rings. The summed E-state index contributed by atoms with van der Waals surface area (Å²) in [4.78, 5) is 54.8. The fourth-order valence-corrected chi connectivity index (χ4v) is 6.45. The molecule has 0 aliphatic carbocycles. The highest BCUT2D eigenvalue weighted by atomic mass is 32.2. The lowest BCUT2D eigenvalue weighted by Gasteiger charge is -2.27. The Morgan fingerprint density at radius 1 is 1.27 bits per heavy atom. The van der Waals surface area contributed by atoms with E-state index < -0.39 is 37.7 Å².